The summed E-state index contributed by atoms with van der Waals surface area (Å²) in [5.74, 6) is 3.75. The SMILES string of the molecule is CC12CCC3C(CCC4CC(O[Si](C)(C)C(C)(C)C)CCC43C)C1CCC2=O. The number of hydrogen-bond acceptors (Lipinski definition) is 2. The second-order valence-corrected chi connectivity index (χ2v) is 17.6. The van der Waals surface area contributed by atoms with Gasteiger partial charge in [-0.2, -0.15) is 0 Å². The van der Waals surface area contributed by atoms with Gasteiger partial charge >= 0.3 is 0 Å². The van der Waals surface area contributed by atoms with Gasteiger partial charge in [0.25, 0.3) is 0 Å². The van der Waals surface area contributed by atoms with Crippen LogP contribution in [0.4, 0.5) is 0 Å². The average Bonchev–Trinajstić information content (AvgIpc) is 2.89. The van der Waals surface area contributed by atoms with E-state index in [-0.39, 0.29) is 5.41 Å². The van der Waals surface area contributed by atoms with E-state index < -0.39 is 8.32 Å². The van der Waals surface area contributed by atoms with E-state index in [1.54, 1.807) is 0 Å². The largest absolute Gasteiger partial charge is 0.414 e. The van der Waals surface area contributed by atoms with E-state index in [9.17, 15) is 4.79 Å². The van der Waals surface area contributed by atoms with Crippen LogP contribution in [-0.4, -0.2) is 20.2 Å². The molecule has 160 valence electrons. The lowest BCUT2D eigenvalue weighted by Crippen LogP contribution is -2.55. The highest BCUT2D eigenvalue weighted by Gasteiger charge is 2.60. The Bertz CT molecular complexity index is 635. The highest BCUT2D eigenvalue weighted by molar-refractivity contribution is 6.74. The first-order chi connectivity index (χ1) is 12.9. The van der Waals surface area contributed by atoms with Crippen molar-refractivity contribution < 1.29 is 9.22 Å². The smallest absolute Gasteiger partial charge is 0.192 e. The van der Waals surface area contributed by atoms with Gasteiger partial charge in [0.15, 0.2) is 8.32 Å². The Morgan fingerprint density at radius 3 is 2.36 bits per heavy atom. The summed E-state index contributed by atoms with van der Waals surface area (Å²) in [5.41, 5.74) is 0.510. The zero-order valence-corrected chi connectivity index (χ0v) is 20.6. The van der Waals surface area contributed by atoms with Crippen molar-refractivity contribution in [2.45, 2.75) is 117 Å². The molecule has 4 aliphatic rings. The molecule has 4 saturated carbocycles. The lowest BCUT2D eigenvalue weighted by Gasteiger charge is -2.60. The molecule has 0 aliphatic heterocycles. The van der Waals surface area contributed by atoms with Crippen molar-refractivity contribution >= 4 is 14.1 Å². The summed E-state index contributed by atoms with van der Waals surface area (Å²) in [5, 5.41) is 0.300. The number of carbonyl (C=O) groups is 1. The van der Waals surface area contributed by atoms with Crippen LogP contribution in [0.3, 0.4) is 0 Å². The van der Waals surface area contributed by atoms with Crippen LogP contribution in [0.1, 0.15) is 92.4 Å². The van der Waals surface area contributed by atoms with E-state index in [4.69, 9.17) is 4.43 Å². The van der Waals surface area contributed by atoms with Crippen LogP contribution in [0, 0.1) is 34.5 Å². The standard InChI is InChI=1S/C25H44O2Si/c1-23(2,3)28(6,7)27-18-12-14-24(4)17(16-18)8-9-19-20-10-11-22(26)25(20,5)15-13-21(19)24/h17-21H,8-16H2,1-7H3. The Balaban J connectivity index is 1.48. The van der Waals surface area contributed by atoms with Crippen LogP contribution >= 0.6 is 0 Å². The van der Waals surface area contributed by atoms with Crippen molar-refractivity contribution in [1.29, 1.82) is 0 Å². The van der Waals surface area contributed by atoms with Gasteiger partial charge in [-0.3, -0.25) is 4.79 Å². The summed E-state index contributed by atoms with van der Waals surface area (Å²) < 4.78 is 6.87. The molecule has 4 aliphatic carbocycles. The number of hydrogen-bond donors (Lipinski definition) is 0. The molecule has 0 bridgehead atoms. The van der Waals surface area contributed by atoms with Crippen LogP contribution < -0.4 is 0 Å². The number of rotatable bonds is 2. The second-order valence-electron chi connectivity index (χ2n) is 12.8. The van der Waals surface area contributed by atoms with Crippen LogP contribution in [0.15, 0.2) is 0 Å². The molecule has 2 nitrogen and oxygen atoms in total. The maximum atomic E-state index is 12.6. The molecule has 7 atom stereocenters. The molecule has 0 saturated heterocycles. The van der Waals surface area contributed by atoms with Gasteiger partial charge in [0.1, 0.15) is 5.78 Å². The third-order valence-corrected chi connectivity index (χ3v) is 15.1. The fourth-order valence-corrected chi connectivity index (χ4v) is 9.09. The van der Waals surface area contributed by atoms with Gasteiger partial charge in [-0.1, -0.05) is 34.6 Å². The molecule has 0 N–H and O–H groups in total. The van der Waals surface area contributed by atoms with Crippen molar-refractivity contribution in [3.63, 3.8) is 0 Å². The Morgan fingerprint density at radius 2 is 1.68 bits per heavy atom. The predicted octanol–water partition coefficient (Wildman–Crippen LogP) is 6.99. The van der Waals surface area contributed by atoms with Crippen molar-refractivity contribution in [3.8, 4) is 0 Å². The normalized spacial score (nSPS) is 46.7. The second kappa shape index (κ2) is 6.67. The summed E-state index contributed by atoms with van der Waals surface area (Å²) in [6.07, 6.45) is 11.6. The fourth-order valence-electron chi connectivity index (χ4n) is 7.69. The molecule has 3 heteroatoms. The van der Waals surface area contributed by atoms with E-state index in [1.807, 2.05) is 0 Å². The van der Waals surface area contributed by atoms with Crippen molar-refractivity contribution in [3.05, 3.63) is 0 Å². The van der Waals surface area contributed by atoms with Gasteiger partial charge in [-0.15, -0.1) is 0 Å². The Kier molecular flexibility index (Phi) is 5.03. The summed E-state index contributed by atoms with van der Waals surface area (Å²) in [7, 11) is -1.68. The third-order valence-electron chi connectivity index (χ3n) is 10.6. The predicted molar refractivity (Wildman–Crippen MR) is 119 cm³/mol. The summed E-state index contributed by atoms with van der Waals surface area (Å²) in [4.78, 5) is 12.6. The molecule has 0 aromatic heterocycles. The molecule has 0 radical (unpaired) electrons. The van der Waals surface area contributed by atoms with Crippen molar-refractivity contribution in [2.24, 2.45) is 34.5 Å². The molecule has 0 amide bonds. The fraction of sp³-hybridized carbons (Fsp3) is 0.960. The molecule has 0 aromatic carbocycles. The van der Waals surface area contributed by atoms with Gasteiger partial charge in [0.05, 0.1) is 0 Å². The van der Waals surface area contributed by atoms with E-state index in [2.05, 4.69) is 47.7 Å². The quantitative estimate of drug-likeness (QED) is 0.464. The molecular formula is C25H44O2Si. The van der Waals surface area contributed by atoms with Gasteiger partial charge < -0.3 is 4.43 Å². The average molecular weight is 405 g/mol. The molecular weight excluding hydrogens is 360 g/mol. The third kappa shape index (κ3) is 3.09. The van der Waals surface area contributed by atoms with Crippen LogP contribution in [0.25, 0.3) is 0 Å². The Hall–Kier alpha value is -0.153. The van der Waals surface area contributed by atoms with Crippen LogP contribution in [0.5, 0.6) is 0 Å². The zero-order chi connectivity index (χ0) is 20.5. The van der Waals surface area contributed by atoms with Gasteiger partial charge in [0, 0.05) is 17.9 Å². The van der Waals surface area contributed by atoms with E-state index >= 15 is 0 Å². The monoisotopic (exact) mass is 404 g/mol. The highest BCUT2D eigenvalue weighted by Crippen LogP contribution is 2.65. The molecule has 4 fully saturated rings. The first-order valence-corrected chi connectivity index (χ1v) is 15.0. The molecule has 28 heavy (non-hydrogen) atoms. The first kappa shape index (κ1) is 21.1. The lowest BCUT2D eigenvalue weighted by atomic mass is 9.45. The topological polar surface area (TPSA) is 26.3 Å². The highest BCUT2D eigenvalue weighted by atomic mass is 28.4. The van der Waals surface area contributed by atoms with Gasteiger partial charge in [-0.05, 0) is 98.6 Å². The van der Waals surface area contributed by atoms with Crippen LogP contribution in [-0.2, 0) is 9.22 Å². The lowest BCUT2D eigenvalue weighted by molar-refractivity contribution is -0.141. The summed E-state index contributed by atoms with van der Waals surface area (Å²) in [6.45, 7) is 16.8. The molecule has 4 rings (SSSR count). The molecule has 0 heterocycles. The summed E-state index contributed by atoms with van der Waals surface area (Å²) >= 11 is 0. The molecule has 0 aromatic rings. The minimum atomic E-state index is -1.68. The number of fused-ring (bicyclic) bond motifs is 5. The van der Waals surface area contributed by atoms with Gasteiger partial charge in [0.2, 0.25) is 0 Å². The van der Waals surface area contributed by atoms with E-state index in [1.165, 1.54) is 44.9 Å². The molecule has 0 spiro atoms. The van der Waals surface area contributed by atoms with E-state index in [0.29, 0.717) is 28.3 Å². The molecule has 7 unspecified atom stereocenters. The minimum absolute atomic E-state index is 0.0208. The number of ketones is 1. The minimum Gasteiger partial charge on any atom is -0.414 e. The van der Waals surface area contributed by atoms with Crippen LogP contribution in [0.2, 0.25) is 18.1 Å². The first-order valence-electron chi connectivity index (χ1n) is 12.1. The maximum absolute atomic E-state index is 12.6. The van der Waals surface area contributed by atoms with Gasteiger partial charge in [-0.25, -0.2) is 0 Å². The zero-order valence-electron chi connectivity index (χ0n) is 19.6. The van der Waals surface area contributed by atoms with Crippen molar-refractivity contribution in [2.75, 3.05) is 0 Å². The number of Topliss-reactive ketones (excluding diaryl/α,β-unsaturated/α-hetero) is 1. The summed E-state index contributed by atoms with van der Waals surface area (Å²) in [6, 6.07) is 0. The van der Waals surface area contributed by atoms with E-state index in [0.717, 1.165) is 30.6 Å². The number of carbonyl (C=O) groups excluding carboxylic acids is 1. The maximum Gasteiger partial charge on any atom is 0.192 e. The van der Waals surface area contributed by atoms with Crippen molar-refractivity contribution in [1.82, 2.24) is 0 Å². The Morgan fingerprint density at radius 1 is 0.964 bits per heavy atom. The Labute approximate surface area is 174 Å².